The van der Waals surface area contributed by atoms with Gasteiger partial charge in [-0.2, -0.15) is 0 Å². The van der Waals surface area contributed by atoms with Crippen molar-refractivity contribution in [3.05, 3.63) is 34.3 Å². The highest BCUT2D eigenvalue weighted by Gasteiger charge is 2.21. The molecule has 88 valence electrons. The lowest BCUT2D eigenvalue weighted by atomic mass is 10.0. The van der Waals surface area contributed by atoms with E-state index in [2.05, 4.69) is 52.0 Å². The van der Waals surface area contributed by atoms with Crippen molar-refractivity contribution < 1.29 is 0 Å². The third-order valence-electron chi connectivity index (χ3n) is 3.42. The Balaban J connectivity index is 1.90. The molecule has 0 amide bonds. The van der Waals surface area contributed by atoms with E-state index < -0.39 is 0 Å². The van der Waals surface area contributed by atoms with E-state index >= 15 is 0 Å². The summed E-state index contributed by atoms with van der Waals surface area (Å²) in [5.74, 6) is 0.937. The third-order valence-corrected chi connectivity index (χ3v) is 4.19. The summed E-state index contributed by atoms with van der Waals surface area (Å²) in [6, 6.07) is 8.56. The normalized spacial score (nSPS) is 21.5. The van der Waals surface area contributed by atoms with Crippen LogP contribution >= 0.6 is 15.9 Å². The first kappa shape index (κ1) is 12.1. The molecule has 0 bridgehead atoms. The molecule has 0 N–H and O–H groups in total. The van der Waals surface area contributed by atoms with Gasteiger partial charge in [-0.05, 0) is 36.9 Å². The molecular weight excluding hydrogens is 262 g/mol. The summed E-state index contributed by atoms with van der Waals surface area (Å²) >= 11 is 3.62. The highest BCUT2D eigenvalue weighted by atomic mass is 79.9. The van der Waals surface area contributed by atoms with E-state index in [0.29, 0.717) is 0 Å². The van der Waals surface area contributed by atoms with Gasteiger partial charge in [0, 0.05) is 17.6 Å². The van der Waals surface area contributed by atoms with Gasteiger partial charge in [-0.3, -0.25) is 4.90 Å². The van der Waals surface area contributed by atoms with E-state index in [0.717, 1.165) is 12.5 Å². The molecule has 1 aliphatic rings. The molecule has 1 aliphatic heterocycles. The average Bonchev–Trinajstić information content (AvgIpc) is 2.70. The first-order valence-electron chi connectivity index (χ1n) is 6.25. The lowest BCUT2D eigenvalue weighted by Gasteiger charge is -2.16. The minimum Gasteiger partial charge on any atom is -0.299 e. The zero-order chi connectivity index (χ0) is 11.4. The van der Waals surface area contributed by atoms with Crippen LogP contribution in [0.5, 0.6) is 0 Å². The summed E-state index contributed by atoms with van der Waals surface area (Å²) in [4.78, 5) is 2.58. The maximum absolute atomic E-state index is 3.62. The van der Waals surface area contributed by atoms with Crippen molar-refractivity contribution in [2.75, 3.05) is 13.1 Å². The van der Waals surface area contributed by atoms with Gasteiger partial charge in [0.1, 0.15) is 0 Å². The molecule has 1 aromatic carbocycles. The fourth-order valence-electron chi connectivity index (χ4n) is 2.57. The molecule has 1 heterocycles. The van der Waals surface area contributed by atoms with Gasteiger partial charge in [-0.1, -0.05) is 47.5 Å². The molecule has 0 radical (unpaired) electrons. The molecule has 1 unspecified atom stereocenters. The second-order valence-corrected chi connectivity index (χ2v) is 5.62. The van der Waals surface area contributed by atoms with Crippen LogP contribution in [0.1, 0.15) is 31.7 Å². The minimum atomic E-state index is 0.937. The highest BCUT2D eigenvalue weighted by Crippen LogP contribution is 2.24. The fraction of sp³-hybridized carbons (Fsp3) is 0.571. The second-order valence-electron chi connectivity index (χ2n) is 4.77. The zero-order valence-corrected chi connectivity index (χ0v) is 11.5. The van der Waals surface area contributed by atoms with E-state index in [1.54, 1.807) is 0 Å². The number of rotatable bonds is 4. The monoisotopic (exact) mass is 281 g/mol. The standard InChI is InChI=1S/C14H20BrN/c1-2-5-12-8-9-16(10-12)11-13-6-3-4-7-14(13)15/h3-4,6-7,12H,2,5,8-11H2,1H3. The van der Waals surface area contributed by atoms with Crippen LogP contribution < -0.4 is 0 Å². The van der Waals surface area contributed by atoms with Crippen LogP contribution in [0.15, 0.2) is 28.7 Å². The van der Waals surface area contributed by atoms with Crippen LogP contribution in [-0.2, 0) is 6.54 Å². The van der Waals surface area contributed by atoms with Crippen LogP contribution in [0, 0.1) is 5.92 Å². The van der Waals surface area contributed by atoms with Gasteiger partial charge in [0.2, 0.25) is 0 Å². The number of hydrogen-bond acceptors (Lipinski definition) is 1. The Morgan fingerprint density at radius 1 is 1.38 bits per heavy atom. The van der Waals surface area contributed by atoms with Gasteiger partial charge in [0.25, 0.3) is 0 Å². The third kappa shape index (κ3) is 3.08. The fourth-order valence-corrected chi connectivity index (χ4v) is 2.98. The molecular formula is C14H20BrN. The van der Waals surface area contributed by atoms with Crippen LogP contribution in [0.2, 0.25) is 0 Å². The van der Waals surface area contributed by atoms with Gasteiger partial charge in [0.15, 0.2) is 0 Å². The molecule has 1 aromatic rings. The van der Waals surface area contributed by atoms with Crippen LogP contribution in [0.3, 0.4) is 0 Å². The summed E-state index contributed by atoms with van der Waals surface area (Å²) in [5, 5.41) is 0. The average molecular weight is 282 g/mol. The van der Waals surface area contributed by atoms with E-state index in [4.69, 9.17) is 0 Å². The number of halogens is 1. The van der Waals surface area contributed by atoms with Gasteiger partial charge >= 0.3 is 0 Å². The van der Waals surface area contributed by atoms with Crippen LogP contribution in [0.4, 0.5) is 0 Å². The lowest BCUT2D eigenvalue weighted by molar-refractivity contribution is 0.312. The maximum Gasteiger partial charge on any atom is 0.0245 e. The Hall–Kier alpha value is -0.340. The summed E-state index contributed by atoms with van der Waals surface area (Å²) in [6.07, 6.45) is 4.11. The molecule has 1 fully saturated rings. The van der Waals surface area contributed by atoms with Crippen LogP contribution in [0.25, 0.3) is 0 Å². The molecule has 1 atom stereocenters. The largest absolute Gasteiger partial charge is 0.299 e. The van der Waals surface area contributed by atoms with E-state index in [-0.39, 0.29) is 0 Å². The van der Waals surface area contributed by atoms with E-state index in [1.807, 2.05) is 0 Å². The summed E-state index contributed by atoms with van der Waals surface area (Å²) < 4.78 is 1.24. The molecule has 16 heavy (non-hydrogen) atoms. The predicted molar refractivity (Wildman–Crippen MR) is 72.4 cm³/mol. The number of hydrogen-bond donors (Lipinski definition) is 0. The smallest absolute Gasteiger partial charge is 0.0245 e. The first-order chi connectivity index (χ1) is 7.79. The lowest BCUT2D eigenvalue weighted by Crippen LogP contribution is -2.20. The van der Waals surface area contributed by atoms with Crippen molar-refractivity contribution in [3.63, 3.8) is 0 Å². The van der Waals surface area contributed by atoms with Crippen molar-refractivity contribution >= 4 is 15.9 Å². The molecule has 0 aliphatic carbocycles. The summed E-state index contributed by atoms with van der Waals surface area (Å²) in [6.45, 7) is 5.94. The molecule has 1 nitrogen and oxygen atoms in total. The Kier molecular flexibility index (Phi) is 4.42. The molecule has 0 spiro atoms. The number of likely N-dealkylation sites (tertiary alicyclic amines) is 1. The zero-order valence-electron chi connectivity index (χ0n) is 9.95. The number of nitrogens with zero attached hydrogens (tertiary/aromatic N) is 1. The quantitative estimate of drug-likeness (QED) is 0.804. The Morgan fingerprint density at radius 2 is 2.19 bits per heavy atom. The van der Waals surface area contributed by atoms with Gasteiger partial charge in [-0.25, -0.2) is 0 Å². The van der Waals surface area contributed by atoms with E-state index in [1.165, 1.54) is 42.4 Å². The van der Waals surface area contributed by atoms with Crippen molar-refractivity contribution in [3.8, 4) is 0 Å². The van der Waals surface area contributed by atoms with Crippen molar-refractivity contribution in [2.45, 2.75) is 32.7 Å². The van der Waals surface area contributed by atoms with Gasteiger partial charge in [0.05, 0.1) is 0 Å². The molecule has 1 saturated heterocycles. The van der Waals surface area contributed by atoms with Crippen molar-refractivity contribution in [1.29, 1.82) is 0 Å². The van der Waals surface area contributed by atoms with Crippen molar-refractivity contribution in [1.82, 2.24) is 4.90 Å². The topological polar surface area (TPSA) is 3.24 Å². The second kappa shape index (κ2) is 5.83. The SMILES string of the molecule is CCCC1CCN(Cc2ccccc2Br)C1. The Labute approximate surface area is 107 Å². The first-order valence-corrected chi connectivity index (χ1v) is 7.04. The predicted octanol–water partition coefficient (Wildman–Crippen LogP) is 4.07. The van der Waals surface area contributed by atoms with Gasteiger partial charge < -0.3 is 0 Å². The molecule has 2 rings (SSSR count). The summed E-state index contributed by atoms with van der Waals surface area (Å²) in [5.41, 5.74) is 1.42. The summed E-state index contributed by atoms with van der Waals surface area (Å²) in [7, 11) is 0. The van der Waals surface area contributed by atoms with Gasteiger partial charge in [-0.15, -0.1) is 0 Å². The van der Waals surface area contributed by atoms with Crippen molar-refractivity contribution in [2.24, 2.45) is 5.92 Å². The molecule has 2 heteroatoms. The maximum atomic E-state index is 3.62. The molecule has 0 aromatic heterocycles. The van der Waals surface area contributed by atoms with Crippen LogP contribution in [-0.4, -0.2) is 18.0 Å². The Morgan fingerprint density at radius 3 is 2.94 bits per heavy atom. The number of benzene rings is 1. The Bertz CT molecular complexity index is 337. The minimum absolute atomic E-state index is 0.937. The highest BCUT2D eigenvalue weighted by molar-refractivity contribution is 9.10. The van der Waals surface area contributed by atoms with E-state index in [9.17, 15) is 0 Å². The molecule has 0 saturated carbocycles.